The Labute approximate surface area is 123 Å². The maximum atomic E-state index is 11.7. The van der Waals surface area contributed by atoms with Crippen LogP contribution in [-0.4, -0.2) is 20.7 Å². The quantitative estimate of drug-likeness (QED) is 0.639. The fraction of sp³-hybridized carbons (Fsp3) is 0.267. The van der Waals surface area contributed by atoms with Gasteiger partial charge in [-0.25, -0.2) is 0 Å². The molecule has 2 aromatic rings. The van der Waals surface area contributed by atoms with Crippen LogP contribution in [0.2, 0.25) is 0 Å². The second-order valence-electron chi connectivity index (χ2n) is 4.51. The van der Waals surface area contributed by atoms with E-state index in [1.807, 2.05) is 13.8 Å². The predicted octanol–water partition coefficient (Wildman–Crippen LogP) is 3.16. The van der Waals surface area contributed by atoms with Crippen molar-refractivity contribution in [2.24, 2.45) is 0 Å². The number of aryl methyl sites for hydroxylation is 1. The number of hydrogen-bond acceptors (Lipinski definition) is 4. The second kappa shape index (κ2) is 5.71. The Morgan fingerprint density at radius 3 is 2.55 bits per heavy atom. The summed E-state index contributed by atoms with van der Waals surface area (Å²) in [4.78, 5) is 13.4. The smallest absolute Gasteiger partial charge is 0.173 e. The maximum Gasteiger partial charge on any atom is 0.173 e. The molecule has 0 spiro atoms. The molecule has 0 aliphatic carbocycles. The third-order valence-corrected chi connectivity index (χ3v) is 4.34. The van der Waals surface area contributed by atoms with Gasteiger partial charge in [0.05, 0.1) is 7.11 Å². The lowest BCUT2D eigenvalue weighted by molar-refractivity contribution is 0.101. The van der Waals surface area contributed by atoms with Gasteiger partial charge < -0.3 is 9.47 Å². The van der Waals surface area contributed by atoms with E-state index in [0.29, 0.717) is 27.6 Å². The van der Waals surface area contributed by atoms with Crippen molar-refractivity contribution in [2.75, 3.05) is 7.11 Å². The minimum atomic E-state index is -0.00406. The summed E-state index contributed by atoms with van der Waals surface area (Å²) in [5, 5.41) is 0. The van der Waals surface area contributed by atoms with Crippen molar-refractivity contribution in [1.29, 1.82) is 0 Å². The SMILES string of the molecule is [B]c1ccc(Oc2c(C(C)=O)sc(C)c2C)c(OC)c1. The lowest BCUT2D eigenvalue weighted by Gasteiger charge is -2.12. The average molecular weight is 286 g/mol. The van der Waals surface area contributed by atoms with Crippen LogP contribution in [0.25, 0.3) is 0 Å². The van der Waals surface area contributed by atoms with Crippen molar-refractivity contribution in [3.63, 3.8) is 0 Å². The van der Waals surface area contributed by atoms with Gasteiger partial charge in [0.25, 0.3) is 0 Å². The molecule has 0 bridgehead atoms. The highest BCUT2D eigenvalue weighted by Gasteiger charge is 2.19. The second-order valence-corrected chi connectivity index (χ2v) is 5.73. The van der Waals surface area contributed by atoms with Crippen LogP contribution in [0, 0.1) is 13.8 Å². The molecule has 0 saturated heterocycles. The third-order valence-electron chi connectivity index (χ3n) is 3.05. The van der Waals surface area contributed by atoms with Crippen molar-refractivity contribution in [3.8, 4) is 17.2 Å². The van der Waals surface area contributed by atoms with E-state index < -0.39 is 0 Å². The molecule has 0 aliphatic rings. The van der Waals surface area contributed by atoms with E-state index in [-0.39, 0.29) is 5.78 Å². The van der Waals surface area contributed by atoms with Crippen LogP contribution in [0.3, 0.4) is 0 Å². The molecule has 0 amide bonds. The zero-order chi connectivity index (χ0) is 14.9. The number of Topliss-reactive ketones (excluding diaryl/α,β-unsaturated/α-hetero) is 1. The van der Waals surface area contributed by atoms with Crippen molar-refractivity contribution >= 4 is 30.4 Å². The van der Waals surface area contributed by atoms with Crippen LogP contribution >= 0.6 is 11.3 Å². The fourth-order valence-corrected chi connectivity index (χ4v) is 2.82. The largest absolute Gasteiger partial charge is 0.493 e. The van der Waals surface area contributed by atoms with E-state index in [1.54, 1.807) is 25.3 Å². The van der Waals surface area contributed by atoms with E-state index in [0.717, 1.165) is 10.4 Å². The molecule has 0 aliphatic heterocycles. The van der Waals surface area contributed by atoms with Gasteiger partial charge >= 0.3 is 0 Å². The first kappa shape index (κ1) is 14.7. The standard InChI is InChI=1S/C15H15BO3S/c1-8-10(3)20-15(9(2)17)14(8)19-12-6-5-11(16)7-13(12)18-4/h5-7H,1-4H3. The molecule has 2 radical (unpaired) electrons. The highest BCUT2D eigenvalue weighted by Crippen LogP contribution is 2.40. The summed E-state index contributed by atoms with van der Waals surface area (Å²) in [7, 11) is 7.28. The Hall–Kier alpha value is -1.75. The average Bonchev–Trinajstić information content (AvgIpc) is 2.69. The van der Waals surface area contributed by atoms with Crippen LogP contribution in [0.1, 0.15) is 27.0 Å². The molecule has 0 saturated carbocycles. The predicted molar refractivity (Wildman–Crippen MR) is 82.3 cm³/mol. The van der Waals surface area contributed by atoms with Crippen molar-refractivity contribution in [3.05, 3.63) is 33.5 Å². The Balaban J connectivity index is 2.47. The van der Waals surface area contributed by atoms with Gasteiger partial charge in [0.1, 0.15) is 12.7 Å². The summed E-state index contributed by atoms with van der Waals surface area (Å²) in [5.41, 5.74) is 1.57. The van der Waals surface area contributed by atoms with Gasteiger partial charge in [0, 0.05) is 17.4 Å². The first-order chi connectivity index (χ1) is 9.43. The van der Waals surface area contributed by atoms with E-state index >= 15 is 0 Å². The Bertz CT molecular complexity index is 661. The van der Waals surface area contributed by atoms with Gasteiger partial charge in [-0.05, 0) is 26.0 Å². The summed E-state index contributed by atoms with van der Waals surface area (Å²) in [6.45, 7) is 5.45. The van der Waals surface area contributed by atoms with E-state index in [2.05, 4.69) is 0 Å². The molecular formula is C15H15BO3S. The monoisotopic (exact) mass is 286 g/mol. The van der Waals surface area contributed by atoms with Gasteiger partial charge in [0.2, 0.25) is 0 Å². The molecule has 0 atom stereocenters. The molecular weight excluding hydrogens is 271 g/mol. The first-order valence-electron chi connectivity index (χ1n) is 6.16. The normalized spacial score (nSPS) is 10.4. The van der Waals surface area contributed by atoms with Gasteiger partial charge in [-0.1, -0.05) is 11.5 Å². The van der Waals surface area contributed by atoms with Gasteiger partial charge in [0.15, 0.2) is 23.0 Å². The summed E-state index contributed by atoms with van der Waals surface area (Å²) < 4.78 is 11.2. The van der Waals surface area contributed by atoms with Crippen molar-refractivity contribution < 1.29 is 14.3 Å². The summed E-state index contributed by atoms with van der Waals surface area (Å²) in [5.74, 6) is 1.69. The summed E-state index contributed by atoms with van der Waals surface area (Å²) >= 11 is 1.44. The number of hydrogen-bond donors (Lipinski definition) is 0. The summed E-state index contributed by atoms with van der Waals surface area (Å²) in [6, 6.07) is 5.17. The van der Waals surface area contributed by atoms with Gasteiger partial charge in [-0.3, -0.25) is 4.79 Å². The number of thiophene rings is 1. The van der Waals surface area contributed by atoms with E-state index in [9.17, 15) is 4.79 Å². The number of carbonyl (C=O) groups excluding carboxylic acids is 1. The van der Waals surface area contributed by atoms with Crippen molar-refractivity contribution in [1.82, 2.24) is 0 Å². The Kier molecular flexibility index (Phi) is 4.19. The lowest BCUT2D eigenvalue weighted by atomic mass is 9.96. The van der Waals surface area contributed by atoms with Crippen LogP contribution in [0.15, 0.2) is 18.2 Å². The van der Waals surface area contributed by atoms with E-state index in [1.165, 1.54) is 18.3 Å². The molecule has 1 aromatic heterocycles. The number of carbonyl (C=O) groups is 1. The molecule has 1 aromatic carbocycles. The molecule has 2 rings (SSSR count). The maximum absolute atomic E-state index is 11.7. The molecule has 0 N–H and O–H groups in total. The molecule has 20 heavy (non-hydrogen) atoms. The lowest BCUT2D eigenvalue weighted by Crippen LogP contribution is -2.03. The highest BCUT2D eigenvalue weighted by atomic mass is 32.1. The minimum absolute atomic E-state index is 0.00406. The third kappa shape index (κ3) is 2.73. The van der Waals surface area contributed by atoms with Crippen LogP contribution in [0.5, 0.6) is 17.2 Å². The Morgan fingerprint density at radius 1 is 1.25 bits per heavy atom. The molecule has 3 nitrogen and oxygen atoms in total. The van der Waals surface area contributed by atoms with Gasteiger partial charge in [-0.2, -0.15) is 0 Å². The Morgan fingerprint density at radius 2 is 1.95 bits per heavy atom. The number of ether oxygens (including phenoxy) is 2. The highest BCUT2D eigenvalue weighted by molar-refractivity contribution is 7.14. The molecule has 1 heterocycles. The number of rotatable bonds is 4. The zero-order valence-electron chi connectivity index (χ0n) is 11.9. The zero-order valence-corrected chi connectivity index (χ0v) is 12.8. The van der Waals surface area contributed by atoms with Crippen LogP contribution in [-0.2, 0) is 0 Å². The molecule has 102 valence electrons. The number of methoxy groups -OCH3 is 1. The van der Waals surface area contributed by atoms with Crippen molar-refractivity contribution in [2.45, 2.75) is 20.8 Å². The van der Waals surface area contributed by atoms with Gasteiger partial charge in [-0.15, -0.1) is 11.3 Å². The fourth-order valence-electron chi connectivity index (χ4n) is 1.84. The minimum Gasteiger partial charge on any atom is -0.493 e. The topological polar surface area (TPSA) is 35.5 Å². The molecule has 0 fully saturated rings. The summed E-state index contributed by atoms with van der Waals surface area (Å²) in [6.07, 6.45) is 0. The number of ketones is 1. The van der Waals surface area contributed by atoms with Crippen LogP contribution in [0.4, 0.5) is 0 Å². The number of benzene rings is 1. The van der Waals surface area contributed by atoms with Crippen LogP contribution < -0.4 is 14.9 Å². The molecule has 0 unspecified atom stereocenters. The van der Waals surface area contributed by atoms with E-state index in [4.69, 9.17) is 17.3 Å². The first-order valence-corrected chi connectivity index (χ1v) is 6.98. The molecule has 5 heteroatoms.